The molecule has 102 valence electrons. The molecule has 0 saturated heterocycles. The SMILES string of the molecule is CCCCCC[C@@H]1Cn2c(nc3cc(N)ccc32)O1. The zero-order valence-corrected chi connectivity index (χ0v) is 11.4. The lowest BCUT2D eigenvalue weighted by molar-refractivity contribution is 0.209. The predicted octanol–water partition coefficient (Wildman–Crippen LogP) is 3.35. The van der Waals surface area contributed by atoms with Crippen molar-refractivity contribution < 1.29 is 4.74 Å². The van der Waals surface area contributed by atoms with Gasteiger partial charge in [-0.2, -0.15) is 4.98 Å². The molecule has 19 heavy (non-hydrogen) atoms. The number of ether oxygens (including phenoxy) is 1. The standard InChI is InChI=1S/C15H21N3O/c1-2-3-4-5-6-12-10-18-14-8-7-11(16)9-13(14)17-15(18)19-12/h7-9,12H,2-6,10,16H2,1H3/t12-/m1/s1. The summed E-state index contributed by atoms with van der Waals surface area (Å²) in [5.74, 6) is 0. The van der Waals surface area contributed by atoms with Crippen molar-refractivity contribution in [3.05, 3.63) is 18.2 Å². The van der Waals surface area contributed by atoms with Crippen molar-refractivity contribution in [2.75, 3.05) is 5.73 Å². The fourth-order valence-corrected chi connectivity index (χ4v) is 2.73. The van der Waals surface area contributed by atoms with Crippen LogP contribution in [-0.4, -0.2) is 15.7 Å². The summed E-state index contributed by atoms with van der Waals surface area (Å²) in [6.07, 6.45) is 6.56. The second kappa shape index (κ2) is 5.11. The van der Waals surface area contributed by atoms with Crippen molar-refractivity contribution in [1.82, 2.24) is 9.55 Å². The number of nitrogens with two attached hydrogens (primary N) is 1. The van der Waals surface area contributed by atoms with Crippen LogP contribution < -0.4 is 10.5 Å². The normalized spacial score (nSPS) is 17.6. The first-order chi connectivity index (χ1) is 9.28. The molecule has 0 aliphatic carbocycles. The van der Waals surface area contributed by atoms with Gasteiger partial charge in [0, 0.05) is 5.69 Å². The second-order valence-corrected chi connectivity index (χ2v) is 5.34. The number of anilines is 1. The van der Waals surface area contributed by atoms with Gasteiger partial charge in [-0.05, 0) is 31.0 Å². The summed E-state index contributed by atoms with van der Waals surface area (Å²) in [5.41, 5.74) is 8.58. The maximum absolute atomic E-state index is 5.92. The number of benzene rings is 1. The smallest absolute Gasteiger partial charge is 0.297 e. The molecule has 2 heterocycles. The van der Waals surface area contributed by atoms with Crippen LogP contribution in [0.3, 0.4) is 0 Å². The second-order valence-electron chi connectivity index (χ2n) is 5.34. The third-order valence-corrected chi connectivity index (χ3v) is 3.78. The summed E-state index contributed by atoms with van der Waals surface area (Å²) in [4.78, 5) is 4.51. The molecule has 2 N–H and O–H groups in total. The van der Waals surface area contributed by atoms with Gasteiger partial charge >= 0.3 is 0 Å². The number of aromatic nitrogens is 2. The molecule has 0 fully saturated rings. The number of fused-ring (bicyclic) bond motifs is 3. The minimum Gasteiger partial charge on any atom is -0.459 e. The van der Waals surface area contributed by atoms with Crippen molar-refractivity contribution in [1.29, 1.82) is 0 Å². The number of unbranched alkanes of at least 4 members (excludes halogenated alkanes) is 3. The van der Waals surface area contributed by atoms with Crippen LogP contribution in [0.4, 0.5) is 5.69 Å². The van der Waals surface area contributed by atoms with Crippen LogP contribution in [0.25, 0.3) is 11.0 Å². The summed E-state index contributed by atoms with van der Waals surface area (Å²) in [6.45, 7) is 3.15. The van der Waals surface area contributed by atoms with Crippen LogP contribution in [0.15, 0.2) is 18.2 Å². The van der Waals surface area contributed by atoms with Gasteiger partial charge in [0.25, 0.3) is 6.01 Å². The molecule has 1 aliphatic rings. The zero-order chi connectivity index (χ0) is 13.2. The van der Waals surface area contributed by atoms with E-state index >= 15 is 0 Å². The Labute approximate surface area is 113 Å². The highest BCUT2D eigenvalue weighted by molar-refractivity contribution is 5.80. The van der Waals surface area contributed by atoms with Gasteiger partial charge in [-0.15, -0.1) is 0 Å². The lowest BCUT2D eigenvalue weighted by Gasteiger charge is -2.08. The average molecular weight is 259 g/mol. The topological polar surface area (TPSA) is 53.1 Å². The predicted molar refractivity (Wildman–Crippen MR) is 77.3 cm³/mol. The van der Waals surface area contributed by atoms with Crippen LogP contribution in [-0.2, 0) is 6.54 Å². The molecule has 0 radical (unpaired) electrons. The highest BCUT2D eigenvalue weighted by atomic mass is 16.5. The van der Waals surface area contributed by atoms with Gasteiger partial charge in [-0.25, -0.2) is 0 Å². The van der Waals surface area contributed by atoms with Crippen LogP contribution in [0.2, 0.25) is 0 Å². The number of hydrogen-bond donors (Lipinski definition) is 1. The van der Waals surface area contributed by atoms with Gasteiger partial charge in [-0.3, -0.25) is 4.57 Å². The van der Waals surface area contributed by atoms with E-state index in [-0.39, 0.29) is 0 Å². The highest BCUT2D eigenvalue weighted by Gasteiger charge is 2.25. The van der Waals surface area contributed by atoms with E-state index in [1.807, 2.05) is 18.2 Å². The monoisotopic (exact) mass is 259 g/mol. The van der Waals surface area contributed by atoms with Gasteiger partial charge in [-0.1, -0.05) is 26.2 Å². The minimum absolute atomic E-state index is 0.293. The molecule has 0 saturated carbocycles. The van der Waals surface area contributed by atoms with Crippen molar-refractivity contribution in [3.8, 4) is 6.01 Å². The Morgan fingerprint density at radius 3 is 3.11 bits per heavy atom. The Morgan fingerprint density at radius 2 is 2.26 bits per heavy atom. The Morgan fingerprint density at radius 1 is 1.37 bits per heavy atom. The Hall–Kier alpha value is -1.71. The Bertz CT molecular complexity index is 576. The maximum Gasteiger partial charge on any atom is 0.297 e. The molecule has 1 aromatic carbocycles. The third-order valence-electron chi connectivity index (χ3n) is 3.78. The summed E-state index contributed by atoms with van der Waals surface area (Å²) < 4.78 is 8.09. The van der Waals surface area contributed by atoms with Crippen LogP contribution in [0.1, 0.15) is 39.0 Å². The maximum atomic E-state index is 5.92. The lowest BCUT2D eigenvalue weighted by Crippen LogP contribution is -2.14. The molecule has 3 rings (SSSR count). The van der Waals surface area contributed by atoms with Crippen molar-refractivity contribution in [3.63, 3.8) is 0 Å². The van der Waals surface area contributed by atoms with Gasteiger partial charge < -0.3 is 10.5 Å². The fraction of sp³-hybridized carbons (Fsp3) is 0.533. The van der Waals surface area contributed by atoms with E-state index < -0.39 is 0 Å². The first-order valence-electron chi connectivity index (χ1n) is 7.20. The molecular weight excluding hydrogens is 238 g/mol. The lowest BCUT2D eigenvalue weighted by atomic mass is 10.1. The van der Waals surface area contributed by atoms with E-state index in [9.17, 15) is 0 Å². The summed E-state index contributed by atoms with van der Waals surface area (Å²) in [7, 11) is 0. The van der Waals surface area contributed by atoms with E-state index in [0.29, 0.717) is 6.10 Å². The summed E-state index contributed by atoms with van der Waals surface area (Å²) in [6, 6.07) is 6.61. The van der Waals surface area contributed by atoms with Crippen molar-refractivity contribution in [2.24, 2.45) is 0 Å². The first kappa shape index (κ1) is 12.3. The third kappa shape index (κ3) is 2.39. The zero-order valence-electron chi connectivity index (χ0n) is 11.4. The minimum atomic E-state index is 0.293. The number of rotatable bonds is 5. The quantitative estimate of drug-likeness (QED) is 0.661. The number of hydrogen-bond acceptors (Lipinski definition) is 3. The molecule has 0 amide bonds. The van der Waals surface area contributed by atoms with Crippen LogP contribution >= 0.6 is 0 Å². The fourth-order valence-electron chi connectivity index (χ4n) is 2.73. The molecule has 4 nitrogen and oxygen atoms in total. The molecule has 0 spiro atoms. The highest BCUT2D eigenvalue weighted by Crippen LogP contribution is 2.30. The van der Waals surface area contributed by atoms with Gasteiger partial charge in [0.15, 0.2) is 0 Å². The molecular formula is C15H21N3O. The molecule has 0 bridgehead atoms. The van der Waals surface area contributed by atoms with Crippen molar-refractivity contribution in [2.45, 2.75) is 51.7 Å². The Balaban J connectivity index is 1.68. The number of nitrogen functional groups attached to an aromatic ring is 1. The Kier molecular flexibility index (Phi) is 3.32. The molecule has 1 aliphatic heterocycles. The summed E-state index contributed by atoms with van der Waals surface area (Å²) >= 11 is 0. The number of nitrogens with zero attached hydrogens (tertiary/aromatic N) is 2. The molecule has 1 aromatic heterocycles. The first-order valence-corrected chi connectivity index (χ1v) is 7.20. The van der Waals surface area contributed by atoms with Crippen molar-refractivity contribution >= 4 is 16.7 Å². The van der Waals surface area contributed by atoms with E-state index in [1.165, 1.54) is 25.7 Å². The van der Waals surface area contributed by atoms with E-state index in [1.54, 1.807) is 0 Å². The largest absolute Gasteiger partial charge is 0.459 e. The number of imidazole rings is 1. The molecule has 2 aromatic rings. The summed E-state index contributed by atoms with van der Waals surface area (Å²) in [5, 5.41) is 0. The van der Waals surface area contributed by atoms with E-state index in [4.69, 9.17) is 10.5 Å². The molecule has 1 atom stereocenters. The van der Waals surface area contributed by atoms with Gasteiger partial charge in [0.2, 0.25) is 0 Å². The van der Waals surface area contributed by atoms with E-state index in [2.05, 4.69) is 16.5 Å². The van der Waals surface area contributed by atoms with Gasteiger partial charge in [0.1, 0.15) is 6.10 Å². The van der Waals surface area contributed by atoms with E-state index in [0.717, 1.165) is 35.7 Å². The molecule has 0 unspecified atom stereocenters. The average Bonchev–Trinajstić information content (AvgIpc) is 2.91. The van der Waals surface area contributed by atoms with Crippen LogP contribution in [0.5, 0.6) is 6.01 Å². The van der Waals surface area contributed by atoms with Gasteiger partial charge in [0.05, 0.1) is 17.6 Å². The van der Waals surface area contributed by atoms with Crippen LogP contribution in [0, 0.1) is 0 Å². The molecule has 4 heteroatoms.